The van der Waals surface area contributed by atoms with Crippen molar-refractivity contribution in [3.8, 4) is 0 Å². The lowest BCUT2D eigenvalue weighted by atomic mass is 10.3. The third-order valence-electron chi connectivity index (χ3n) is 1.01. The molecule has 11 heavy (non-hydrogen) atoms. The van der Waals surface area contributed by atoms with E-state index in [1.807, 2.05) is 0 Å². The van der Waals surface area contributed by atoms with Crippen molar-refractivity contribution in [2.24, 2.45) is 5.73 Å². The molecule has 1 heterocycles. The van der Waals surface area contributed by atoms with Gasteiger partial charge in [-0.3, -0.25) is 4.79 Å². The molecule has 0 saturated carbocycles. The van der Waals surface area contributed by atoms with Crippen molar-refractivity contribution in [1.82, 2.24) is 4.98 Å². The SMILES string of the molecule is Cl.NC(=O)c1ccnc(Cl)c1. The molecular formula is C6H6Cl2N2O. The summed E-state index contributed by atoms with van der Waals surface area (Å²) in [7, 11) is 0. The van der Waals surface area contributed by atoms with Crippen LogP contribution in [0.5, 0.6) is 0 Å². The summed E-state index contributed by atoms with van der Waals surface area (Å²) in [5, 5.41) is 0.274. The highest BCUT2D eigenvalue weighted by molar-refractivity contribution is 6.29. The molecule has 3 nitrogen and oxygen atoms in total. The Balaban J connectivity index is 0.000001000. The number of halogens is 2. The van der Waals surface area contributed by atoms with Gasteiger partial charge >= 0.3 is 0 Å². The number of aromatic nitrogens is 1. The Kier molecular flexibility index (Phi) is 3.85. The summed E-state index contributed by atoms with van der Waals surface area (Å²) in [4.78, 5) is 14.2. The second-order valence-electron chi connectivity index (χ2n) is 1.73. The third kappa shape index (κ3) is 2.74. The van der Waals surface area contributed by atoms with Gasteiger partial charge in [0.1, 0.15) is 5.15 Å². The molecule has 0 bridgehead atoms. The van der Waals surface area contributed by atoms with Gasteiger partial charge in [-0.1, -0.05) is 11.6 Å². The summed E-state index contributed by atoms with van der Waals surface area (Å²) in [6, 6.07) is 2.93. The summed E-state index contributed by atoms with van der Waals surface area (Å²) in [6.07, 6.45) is 1.43. The Labute approximate surface area is 75.0 Å². The predicted octanol–water partition coefficient (Wildman–Crippen LogP) is 1.26. The Morgan fingerprint density at radius 1 is 1.64 bits per heavy atom. The second kappa shape index (κ2) is 4.16. The molecule has 1 aromatic rings. The van der Waals surface area contributed by atoms with E-state index in [-0.39, 0.29) is 17.6 Å². The molecule has 1 amide bonds. The maximum atomic E-state index is 10.5. The topological polar surface area (TPSA) is 56.0 Å². The number of rotatable bonds is 1. The minimum Gasteiger partial charge on any atom is -0.366 e. The normalized spacial score (nSPS) is 8.45. The molecule has 0 aliphatic carbocycles. The van der Waals surface area contributed by atoms with E-state index in [9.17, 15) is 4.79 Å². The molecule has 5 heteroatoms. The largest absolute Gasteiger partial charge is 0.366 e. The average Bonchev–Trinajstić information content (AvgIpc) is 1.88. The highest BCUT2D eigenvalue weighted by Crippen LogP contribution is 2.05. The summed E-state index contributed by atoms with van der Waals surface area (Å²) in [5.74, 6) is -0.496. The Morgan fingerprint density at radius 3 is 2.64 bits per heavy atom. The van der Waals surface area contributed by atoms with Crippen LogP contribution in [0.15, 0.2) is 18.3 Å². The van der Waals surface area contributed by atoms with E-state index >= 15 is 0 Å². The summed E-state index contributed by atoms with van der Waals surface area (Å²) < 4.78 is 0. The van der Waals surface area contributed by atoms with Crippen molar-refractivity contribution in [2.45, 2.75) is 0 Å². The average molecular weight is 193 g/mol. The molecule has 0 radical (unpaired) electrons. The number of hydrogen-bond donors (Lipinski definition) is 1. The zero-order chi connectivity index (χ0) is 7.56. The lowest BCUT2D eigenvalue weighted by Gasteiger charge is -1.92. The van der Waals surface area contributed by atoms with E-state index in [1.54, 1.807) is 0 Å². The van der Waals surface area contributed by atoms with Crippen LogP contribution in [-0.4, -0.2) is 10.9 Å². The number of nitrogens with zero attached hydrogens (tertiary/aromatic N) is 1. The van der Waals surface area contributed by atoms with Crippen LogP contribution in [-0.2, 0) is 0 Å². The van der Waals surface area contributed by atoms with E-state index in [0.717, 1.165) is 0 Å². The van der Waals surface area contributed by atoms with Gasteiger partial charge in [-0.05, 0) is 12.1 Å². The lowest BCUT2D eigenvalue weighted by Crippen LogP contribution is -2.10. The van der Waals surface area contributed by atoms with Crippen LogP contribution in [0.1, 0.15) is 10.4 Å². The first-order valence-electron chi connectivity index (χ1n) is 2.61. The second-order valence-corrected chi connectivity index (χ2v) is 2.12. The number of nitrogens with two attached hydrogens (primary N) is 1. The van der Waals surface area contributed by atoms with Gasteiger partial charge in [0.15, 0.2) is 0 Å². The van der Waals surface area contributed by atoms with Gasteiger partial charge in [-0.2, -0.15) is 0 Å². The van der Waals surface area contributed by atoms with E-state index in [2.05, 4.69) is 4.98 Å². The first-order chi connectivity index (χ1) is 4.70. The number of amides is 1. The summed E-state index contributed by atoms with van der Waals surface area (Å²) in [6.45, 7) is 0. The molecular weight excluding hydrogens is 187 g/mol. The van der Waals surface area contributed by atoms with Crippen molar-refractivity contribution < 1.29 is 4.79 Å². The van der Waals surface area contributed by atoms with Crippen LogP contribution in [0.2, 0.25) is 5.15 Å². The summed E-state index contributed by atoms with van der Waals surface area (Å²) in [5.41, 5.74) is 5.33. The van der Waals surface area contributed by atoms with Crippen molar-refractivity contribution in [1.29, 1.82) is 0 Å². The molecule has 1 rings (SSSR count). The number of hydrogen-bond acceptors (Lipinski definition) is 2. The molecule has 0 aliphatic heterocycles. The van der Waals surface area contributed by atoms with Crippen LogP contribution >= 0.6 is 24.0 Å². The highest BCUT2D eigenvalue weighted by Gasteiger charge is 1.98. The predicted molar refractivity (Wildman–Crippen MR) is 45.0 cm³/mol. The first-order valence-corrected chi connectivity index (χ1v) is 2.99. The third-order valence-corrected chi connectivity index (χ3v) is 1.22. The monoisotopic (exact) mass is 192 g/mol. The highest BCUT2D eigenvalue weighted by atomic mass is 35.5. The molecule has 0 fully saturated rings. The number of carbonyl (C=O) groups excluding carboxylic acids is 1. The van der Waals surface area contributed by atoms with Gasteiger partial charge in [0, 0.05) is 11.8 Å². The number of pyridine rings is 1. The molecule has 0 atom stereocenters. The number of carbonyl (C=O) groups is 1. The number of primary amides is 1. The zero-order valence-corrected chi connectivity index (χ0v) is 7.02. The van der Waals surface area contributed by atoms with Gasteiger partial charge in [0.05, 0.1) is 0 Å². The Bertz CT molecular complexity index is 265. The van der Waals surface area contributed by atoms with Crippen LogP contribution < -0.4 is 5.73 Å². The minimum atomic E-state index is -0.496. The van der Waals surface area contributed by atoms with Gasteiger partial charge in [0.25, 0.3) is 0 Å². The van der Waals surface area contributed by atoms with Crippen LogP contribution in [0.4, 0.5) is 0 Å². The van der Waals surface area contributed by atoms with Crippen LogP contribution in [0.3, 0.4) is 0 Å². The van der Waals surface area contributed by atoms with Crippen molar-refractivity contribution in [3.05, 3.63) is 29.0 Å². The molecule has 0 spiro atoms. The maximum Gasteiger partial charge on any atom is 0.248 e. The zero-order valence-electron chi connectivity index (χ0n) is 5.45. The fourth-order valence-corrected chi connectivity index (χ4v) is 0.730. The van der Waals surface area contributed by atoms with Gasteiger partial charge in [0.2, 0.25) is 5.91 Å². The van der Waals surface area contributed by atoms with E-state index in [4.69, 9.17) is 17.3 Å². The Morgan fingerprint density at radius 2 is 2.27 bits per heavy atom. The van der Waals surface area contributed by atoms with Crippen molar-refractivity contribution in [2.75, 3.05) is 0 Å². The summed E-state index contributed by atoms with van der Waals surface area (Å²) >= 11 is 5.47. The lowest BCUT2D eigenvalue weighted by molar-refractivity contribution is 0.1000. The fourth-order valence-electron chi connectivity index (χ4n) is 0.556. The fraction of sp³-hybridized carbons (Fsp3) is 0. The molecule has 1 aromatic heterocycles. The van der Waals surface area contributed by atoms with Gasteiger partial charge < -0.3 is 5.73 Å². The van der Waals surface area contributed by atoms with Gasteiger partial charge in [-0.15, -0.1) is 12.4 Å². The molecule has 0 aromatic carbocycles. The van der Waals surface area contributed by atoms with Gasteiger partial charge in [-0.25, -0.2) is 4.98 Å². The maximum absolute atomic E-state index is 10.5. The standard InChI is InChI=1S/C6H5ClN2O.ClH/c7-5-3-4(6(8)10)1-2-9-5;/h1-3H,(H2,8,10);1H. The molecule has 60 valence electrons. The molecule has 0 saturated heterocycles. The van der Waals surface area contributed by atoms with Crippen molar-refractivity contribution in [3.63, 3.8) is 0 Å². The molecule has 0 unspecified atom stereocenters. The van der Waals surface area contributed by atoms with E-state index in [1.165, 1.54) is 18.3 Å². The van der Waals surface area contributed by atoms with E-state index in [0.29, 0.717) is 5.56 Å². The molecule has 2 N–H and O–H groups in total. The first kappa shape index (κ1) is 10.2. The van der Waals surface area contributed by atoms with Crippen LogP contribution in [0.25, 0.3) is 0 Å². The quantitative estimate of drug-likeness (QED) is 0.682. The minimum absolute atomic E-state index is 0. The van der Waals surface area contributed by atoms with E-state index < -0.39 is 5.91 Å². The Hall–Kier alpha value is -0.800. The smallest absolute Gasteiger partial charge is 0.248 e. The van der Waals surface area contributed by atoms with Crippen LogP contribution in [0, 0.1) is 0 Å². The molecule has 0 aliphatic rings. The van der Waals surface area contributed by atoms with Crippen molar-refractivity contribution >= 4 is 29.9 Å².